The van der Waals surface area contributed by atoms with Gasteiger partial charge in [0.2, 0.25) is 0 Å². The maximum Gasteiger partial charge on any atom is 0.407 e. The van der Waals surface area contributed by atoms with E-state index in [9.17, 15) is 4.79 Å². The number of ether oxygens (including phenoxy) is 4. The van der Waals surface area contributed by atoms with Crippen LogP contribution in [0.2, 0.25) is 0 Å². The molecule has 1 amide bonds. The molecule has 0 saturated heterocycles. The van der Waals surface area contributed by atoms with Gasteiger partial charge in [0.25, 0.3) is 0 Å². The van der Waals surface area contributed by atoms with Crippen molar-refractivity contribution in [1.29, 1.82) is 0 Å². The summed E-state index contributed by atoms with van der Waals surface area (Å²) in [6.45, 7) is 12.0. The molecule has 0 saturated carbocycles. The van der Waals surface area contributed by atoms with Gasteiger partial charge in [0.15, 0.2) is 0 Å². The monoisotopic (exact) mass is 420 g/mol. The average molecular weight is 421 g/mol. The minimum atomic E-state index is -0.473. The van der Waals surface area contributed by atoms with E-state index in [1.165, 1.54) is 0 Å². The lowest BCUT2D eigenvalue weighted by Crippen LogP contribution is -2.41. The molecule has 1 atom stereocenters. The van der Waals surface area contributed by atoms with Crippen LogP contribution in [0.3, 0.4) is 0 Å². The standard InChI is InChI=1S/C20H44N4O5/c1-20(2,3)29-19(25)23-9-6-5-7-18(22)17-24(10-8-21)11-12-27-15-16-28-14-13-26-4/h18H,5-17,21-22H2,1-4H3,(H,23,25). The molecular weight excluding hydrogens is 376 g/mol. The van der Waals surface area contributed by atoms with Crippen molar-refractivity contribution < 1.29 is 23.7 Å². The number of alkyl carbamates (subject to hydrolysis) is 1. The smallest absolute Gasteiger partial charge is 0.407 e. The molecule has 0 spiro atoms. The van der Waals surface area contributed by atoms with E-state index in [1.54, 1.807) is 7.11 Å². The van der Waals surface area contributed by atoms with E-state index in [0.29, 0.717) is 46.1 Å². The van der Waals surface area contributed by atoms with Crippen molar-refractivity contribution >= 4 is 6.09 Å². The third-order valence-electron chi connectivity index (χ3n) is 3.96. The van der Waals surface area contributed by atoms with Crippen LogP contribution in [0, 0.1) is 0 Å². The van der Waals surface area contributed by atoms with Crippen molar-refractivity contribution in [2.24, 2.45) is 11.5 Å². The predicted octanol–water partition coefficient (Wildman–Crippen LogP) is 0.949. The van der Waals surface area contributed by atoms with Crippen LogP contribution < -0.4 is 16.8 Å². The number of amides is 1. The molecule has 1 unspecified atom stereocenters. The van der Waals surface area contributed by atoms with Crippen LogP contribution >= 0.6 is 0 Å². The first-order chi connectivity index (χ1) is 13.8. The first-order valence-electron chi connectivity index (χ1n) is 10.6. The zero-order valence-corrected chi connectivity index (χ0v) is 18.9. The Morgan fingerprint density at radius 2 is 1.69 bits per heavy atom. The molecule has 0 aliphatic carbocycles. The average Bonchev–Trinajstić information content (AvgIpc) is 2.62. The second-order valence-corrected chi connectivity index (χ2v) is 7.99. The number of rotatable bonds is 18. The van der Waals surface area contributed by atoms with Crippen molar-refractivity contribution in [3.8, 4) is 0 Å². The number of methoxy groups -OCH3 is 1. The van der Waals surface area contributed by atoms with Crippen LogP contribution in [0.1, 0.15) is 40.0 Å². The Bertz CT molecular complexity index is 394. The zero-order chi connectivity index (χ0) is 22.0. The minimum Gasteiger partial charge on any atom is -0.444 e. The van der Waals surface area contributed by atoms with Crippen molar-refractivity contribution in [1.82, 2.24) is 10.2 Å². The molecule has 174 valence electrons. The molecule has 0 aromatic carbocycles. The number of carbonyl (C=O) groups is 1. The molecule has 9 nitrogen and oxygen atoms in total. The molecule has 0 aliphatic rings. The Kier molecular flexibility index (Phi) is 17.3. The number of nitrogens with zero attached hydrogens (tertiary/aromatic N) is 1. The van der Waals surface area contributed by atoms with Crippen molar-refractivity contribution in [3.63, 3.8) is 0 Å². The largest absolute Gasteiger partial charge is 0.444 e. The van der Waals surface area contributed by atoms with Crippen LogP contribution in [-0.4, -0.2) is 95.5 Å². The Labute approximate surface area is 176 Å². The van der Waals surface area contributed by atoms with Gasteiger partial charge in [-0.2, -0.15) is 0 Å². The maximum atomic E-state index is 11.6. The summed E-state index contributed by atoms with van der Waals surface area (Å²) in [5.41, 5.74) is 11.5. The third kappa shape index (κ3) is 20.1. The summed E-state index contributed by atoms with van der Waals surface area (Å²) in [6.07, 6.45) is 2.34. The lowest BCUT2D eigenvalue weighted by Gasteiger charge is -2.25. The summed E-state index contributed by atoms with van der Waals surface area (Å²) in [5.74, 6) is 0. The van der Waals surface area contributed by atoms with Crippen molar-refractivity contribution in [2.75, 3.05) is 72.9 Å². The van der Waals surface area contributed by atoms with Gasteiger partial charge in [0.05, 0.1) is 33.0 Å². The summed E-state index contributed by atoms with van der Waals surface area (Å²) < 4.78 is 21.1. The fraction of sp³-hybridized carbons (Fsp3) is 0.950. The number of nitrogens with two attached hydrogens (primary N) is 2. The fourth-order valence-corrected chi connectivity index (χ4v) is 2.59. The summed E-state index contributed by atoms with van der Waals surface area (Å²) in [5, 5.41) is 2.77. The molecule has 29 heavy (non-hydrogen) atoms. The minimum absolute atomic E-state index is 0.0699. The quantitative estimate of drug-likeness (QED) is 0.280. The van der Waals surface area contributed by atoms with E-state index in [2.05, 4.69) is 10.2 Å². The van der Waals surface area contributed by atoms with Crippen LogP contribution in [0.25, 0.3) is 0 Å². The topological polar surface area (TPSA) is 121 Å². The van der Waals surface area contributed by atoms with Gasteiger partial charge in [0.1, 0.15) is 5.60 Å². The number of nitrogens with one attached hydrogen (secondary N) is 1. The first-order valence-corrected chi connectivity index (χ1v) is 10.6. The van der Waals surface area contributed by atoms with Gasteiger partial charge < -0.3 is 35.7 Å². The summed E-state index contributed by atoms with van der Waals surface area (Å²) in [7, 11) is 1.65. The molecule has 0 heterocycles. The third-order valence-corrected chi connectivity index (χ3v) is 3.96. The van der Waals surface area contributed by atoms with E-state index >= 15 is 0 Å². The number of unbranched alkanes of at least 4 members (excludes halogenated alkanes) is 1. The molecule has 0 aliphatic heterocycles. The summed E-state index contributed by atoms with van der Waals surface area (Å²) in [6, 6.07) is 0.0699. The Hall–Kier alpha value is -0.970. The van der Waals surface area contributed by atoms with Gasteiger partial charge >= 0.3 is 6.09 Å². The van der Waals surface area contributed by atoms with Gasteiger partial charge in [-0.05, 0) is 33.6 Å². The lowest BCUT2D eigenvalue weighted by atomic mass is 10.1. The fourth-order valence-electron chi connectivity index (χ4n) is 2.59. The van der Waals surface area contributed by atoms with Gasteiger partial charge in [-0.15, -0.1) is 0 Å². The van der Waals surface area contributed by atoms with Crippen LogP contribution in [0.15, 0.2) is 0 Å². The van der Waals surface area contributed by atoms with Crippen molar-refractivity contribution in [3.05, 3.63) is 0 Å². The van der Waals surface area contributed by atoms with E-state index in [0.717, 1.165) is 38.9 Å². The number of carbonyl (C=O) groups excluding carboxylic acids is 1. The first kappa shape index (κ1) is 28.0. The second kappa shape index (κ2) is 17.9. The van der Waals surface area contributed by atoms with E-state index in [-0.39, 0.29) is 12.1 Å². The molecule has 9 heteroatoms. The van der Waals surface area contributed by atoms with E-state index in [4.69, 9.17) is 30.4 Å². The van der Waals surface area contributed by atoms with Gasteiger partial charge in [-0.1, -0.05) is 6.42 Å². The molecule has 0 rings (SSSR count). The Morgan fingerprint density at radius 3 is 2.31 bits per heavy atom. The maximum absolute atomic E-state index is 11.6. The predicted molar refractivity (Wildman–Crippen MR) is 115 cm³/mol. The van der Waals surface area contributed by atoms with Gasteiger partial charge in [-0.25, -0.2) is 4.79 Å². The highest BCUT2D eigenvalue weighted by Crippen LogP contribution is 2.06. The lowest BCUT2D eigenvalue weighted by molar-refractivity contribution is 0.0193. The highest BCUT2D eigenvalue weighted by molar-refractivity contribution is 5.67. The highest BCUT2D eigenvalue weighted by Gasteiger charge is 2.15. The molecule has 0 radical (unpaired) electrons. The second-order valence-electron chi connectivity index (χ2n) is 7.99. The molecule has 0 aromatic rings. The summed E-state index contributed by atoms with van der Waals surface area (Å²) in [4.78, 5) is 13.8. The molecule has 0 fully saturated rings. The molecule has 0 aromatic heterocycles. The van der Waals surface area contributed by atoms with Crippen LogP contribution in [0.5, 0.6) is 0 Å². The Morgan fingerprint density at radius 1 is 1.03 bits per heavy atom. The van der Waals surface area contributed by atoms with E-state index < -0.39 is 5.60 Å². The number of hydrogen-bond acceptors (Lipinski definition) is 8. The van der Waals surface area contributed by atoms with Crippen LogP contribution in [-0.2, 0) is 18.9 Å². The highest BCUT2D eigenvalue weighted by atomic mass is 16.6. The van der Waals surface area contributed by atoms with Gasteiger partial charge in [-0.3, -0.25) is 4.90 Å². The molecular formula is C20H44N4O5. The SMILES string of the molecule is COCCOCCOCCN(CCN)CC(N)CCCCNC(=O)OC(C)(C)C. The molecule has 0 bridgehead atoms. The number of hydrogen-bond donors (Lipinski definition) is 3. The van der Waals surface area contributed by atoms with Gasteiger partial charge in [0, 0.05) is 45.9 Å². The van der Waals surface area contributed by atoms with E-state index in [1.807, 2.05) is 20.8 Å². The zero-order valence-electron chi connectivity index (χ0n) is 18.9. The van der Waals surface area contributed by atoms with Crippen molar-refractivity contribution in [2.45, 2.75) is 51.7 Å². The molecule has 5 N–H and O–H groups in total. The van der Waals surface area contributed by atoms with Crippen LogP contribution in [0.4, 0.5) is 4.79 Å². The Balaban J connectivity index is 3.78. The summed E-state index contributed by atoms with van der Waals surface area (Å²) >= 11 is 0. The normalized spacial score (nSPS) is 12.9.